The van der Waals surface area contributed by atoms with Crippen LogP contribution >= 0.6 is 0 Å². The molecular weight excluding hydrogens is 252 g/mol. The molecule has 7 nitrogen and oxygen atoms in total. The van der Waals surface area contributed by atoms with Crippen molar-refractivity contribution in [1.29, 1.82) is 0 Å². The zero-order valence-corrected chi connectivity index (χ0v) is 11.3. The number of methoxy groups -OCH3 is 1. The van der Waals surface area contributed by atoms with E-state index >= 15 is 0 Å². The Morgan fingerprint density at radius 1 is 1.42 bits per heavy atom. The van der Waals surface area contributed by atoms with Crippen LogP contribution in [0.1, 0.15) is 26.2 Å². The fourth-order valence-electron chi connectivity index (χ4n) is 2.17. The molecule has 0 radical (unpaired) electrons. The molecule has 2 amide bonds. The van der Waals surface area contributed by atoms with Gasteiger partial charge in [-0.25, -0.2) is 9.59 Å². The predicted octanol–water partition coefficient (Wildman–Crippen LogP) is 0.540. The maximum atomic E-state index is 12.3. The van der Waals surface area contributed by atoms with E-state index in [9.17, 15) is 14.4 Å². The summed E-state index contributed by atoms with van der Waals surface area (Å²) in [7, 11) is 1.26. The fourth-order valence-corrected chi connectivity index (χ4v) is 2.17. The van der Waals surface area contributed by atoms with Crippen molar-refractivity contribution >= 4 is 18.0 Å². The highest BCUT2D eigenvalue weighted by molar-refractivity contribution is 5.85. The molecule has 1 heterocycles. The number of aliphatic carboxylic acids is 1. The van der Waals surface area contributed by atoms with Crippen LogP contribution in [0.2, 0.25) is 0 Å². The summed E-state index contributed by atoms with van der Waals surface area (Å²) in [6.07, 6.45) is 1.81. The summed E-state index contributed by atoms with van der Waals surface area (Å²) in [6, 6.07) is -1.19. The molecule has 1 fully saturated rings. The largest absolute Gasteiger partial charge is 0.480 e. The number of likely N-dealkylation sites (tertiary alicyclic amines) is 1. The minimum absolute atomic E-state index is 0.147. The fraction of sp³-hybridized carbons (Fsp3) is 0.750. The lowest BCUT2D eigenvalue weighted by Crippen LogP contribution is -2.49. The Kier molecular flexibility index (Phi) is 5.59. The Morgan fingerprint density at radius 2 is 2.11 bits per heavy atom. The lowest BCUT2D eigenvalue weighted by Gasteiger charge is -2.29. The summed E-state index contributed by atoms with van der Waals surface area (Å²) in [5, 5.41) is 9.07. The number of urea groups is 1. The highest BCUT2D eigenvalue weighted by atomic mass is 16.5. The third-order valence-corrected chi connectivity index (χ3v) is 3.10. The minimum atomic E-state index is -1.000. The first kappa shape index (κ1) is 15.3. The molecule has 0 saturated carbocycles. The van der Waals surface area contributed by atoms with Gasteiger partial charge in [0.2, 0.25) is 0 Å². The van der Waals surface area contributed by atoms with Gasteiger partial charge in [-0.2, -0.15) is 0 Å². The van der Waals surface area contributed by atoms with Gasteiger partial charge in [0.1, 0.15) is 12.6 Å². The van der Waals surface area contributed by atoms with Crippen molar-refractivity contribution in [2.75, 3.05) is 26.7 Å². The summed E-state index contributed by atoms with van der Waals surface area (Å²) < 4.78 is 4.55. The Bertz CT molecular complexity index is 358. The normalized spacial score (nSPS) is 18.2. The molecule has 7 heteroatoms. The Labute approximate surface area is 112 Å². The van der Waals surface area contributed by atoms with Crippen LogP contribution < -0.4 is 0 Å². The number of carbonyl (C=O) groups excluding carboxylic acids is 2. The number of rotatable bonds is 5. The zero-order valence-electron chi connectivity index (χ0n) is 11.3. The van der Waals surface area contributed by atoms with Crippen molar-refractivity contribution in [3.8, 4) is 0 Å². The molecule has 1 rings (SSSR count). The SMILES string of the molecule is CCCN(CC(=O)OC)C(=O)N1CCCC1C(=O)O. The molecule has 0 aliphatic carbocycles. The van der Waals surface area contributed by atoms with E-state index < -0.39 is 24.0 Å². The highest BCUT2D eigenvalue weighted by Gasteiger charge is 2.36. The molecule has 108 valence electrons. The molecule has 0 aromatic rings. The van der Waals surface area contributed by atoms with Crippen molar-refractivity contribution < 1.29 is 24.2 Å². The molecule has 1 saturated heterocycles. The van der Waals surface area contributed by atoms with Gasteiger partial charge in [0.25, 0.3) is 0 Å². The topological polar surface area (TPSA) is 87.2 Å². The third-order valence-electron chi connectivity index (χ3n) is 3.10. The lowest BCUT2D eigenvalue weighted by molar-refractivity contribution is -0.141. The summed E-state index contributed by atoms with van der Waals surface area (Å²) in [5.74, 6) is -1.51. The van der Waals surface area contributed by atoms with Crippen LogP contribution in [0.5, 0.6) is 0 Å². The molecule has 0 bridgehead atoms. The van der Waals surface area contributed by atoms with Gasteiger partial charge in [-0.05, 0) is 19.3 Å². The van der Waals surface area contributed by atoms with Gasteiger partial charge in [-0.15, -0.1) is 0 Å². The van der Waals surface area contributed by atoms with Crippen LogP contribution in [0.15, 0.2) is 0 Å². The molecule has 19 heavy (non-hydrogen) atoms. The van der Waals surface area contributed by atoms with Gasteiger partial charge in [0, 0.05) is 13.1 Å². The van der Waals surface area contributed by atoms with Crippen molar-refractivity contribution in [3.63, 3.8) is 0 Å². The summed E-state index contributed by atoms with van der Waals surface area (Å²) in [6.45, 7) is 2.55. The van der Waals surface area contributed by atoms with E-state index in [-0.39, 0.29) is 6.54 Å². The number of nitrogens with zero attached hydrogens (tertiary/aromatic N) is 2. The number of carbonyl (C=O) groups is 3. The second kappa shape index (κ2) is 6.96. The average molecular weight is 272 g/mol. The Hall–Kier alpha value is -1.79. The maximum absolute atomic E-state index is 12.3. The van der Waals surface area contributed by atoms with E-state index in [1.165, 1.54) is 16.9 Å². The summed E-state index contributed by atoms with van der Waals surface area (Å²) in [5.41, 5.74) is 0. The van der Waals surface area contributed by atoms with E-state index in [0.29, 0.717) is 32.4 Å². The lowest BCUT2D eigenvalue weighted by atomic mass is 10.2. The molecular formula is C12H20N2O5. The Morgan fingerprint density at radius 3 is 2.63 bits per heavy atom. The van der Waals surface area contributed by atoms with Gasteiger partial charge in [0.15, 0.2) is 0 Å². The predicted molar refractivity (Wildman–Crippen MR) is 66.6 cm³/mol. The molecule has 0 aromatic carbocycles. The van der Waals surface area contributed by atoms with Crippen LogP contribution in [0.3, 0.4) is 0 Å². The van der Waals surface area contributed by atoms with Crippen LogP contribution in [-0.4, -0.2) is 65.7 Å². The van der Waals surface area contributed by atoms with Gasteiger partial charge >= 0.3 is 18.0 Å². The quantitative estimate of drug-likeness (QED) is 0.738. The van der Waals surface area contributed by atoms with Crippen molar-refractivity contribution in [3.05, 3.63) is 0 Å². The molecule has 1 N–H and O–H groups in total. The van der Waals surface area contributed by atoms with Gasteiger partial charge in [0.05, 0.1) is 7.11 Å². The number of carboxylic acids is 1. The second-order valence-electron chi connectivity index (χ2n) is 4.47. The summed E-state index contributed by atoms with van der Waals surface area (Å²) >= 11 is 0. The third kappa shape index (κ3) is 3.84. The smallest absolute Gasteiger partial charge is 0.326 e. The summed E-state index contributed by atoms with van der Waals surface area (Å²) in [4.78, 5) is 37.3. The van der Waals surface area contributed by atoms with Crippen LogP contribution in [0.25, 0.3) is 0 Å². The maximum Gasteiger partial charge on any atom is 0.326 e. The number of amides is 2. The van der Waals surface area contributed by atoms with Crippen LogP contribution in [0, 0.1) is 0 Å². The number of hydrogen-bond acceptors (Lipinski definition) is 4. The van der Waals surface area contributed by atoms with Gasteiger partial charge in [-0.1, -0.05) is 6.92 Å². The number of esters is 1. The average Bonchev–Trinajstić information content (AvgIpc) is 2.86. The number of hydrogen-bond donors (Lipinski definition) is 1. The molecule has 1 unspecified atom stereocenters. The van der Waals surface area contributed by atoms with Crippen molar-refractivity contribution in [2.24, 2.45) is 0 Å². The Balaban J connectivity index is 2.75. The van der Waals surface area contributed by atoms with Gasteiger partial charge in [-0.3, -0.25) is 4.79 Å². The molecule has 1 aliphatic heterocycles. The van der Waals surface area contributed by atoms with Gasteiger partial charge < -0.3 is 19.6 Å². The van der Waals surface area contributed by atoms with E-state index in [1.54, 1.807) is 0 Å². The van der Waals surface area contributed by atoms with E-state index in [0.717, 1.165) is 0 Å². The standard InChI is InChI=1S/C12H20N2O5/c1-3-6-13(8-10(15)19-2)12(18)14-7-4-5-9(14)11(16)17/h9H,3-8H2,1-2H3,(H,16,17). The van der Waals surface area contributed by atoms with Crippen molar-refractivity contribution in [1.82, 2.24) is 9.80 Å². The molecule has 0 aromatic heterocycles. The second-order valence-corrected chi connectivity index (χ2v) is 4.47. The minimum Gasteiger partial charge on any atom is -0.480 e. The number of ether oxygens (including phenoxy) is 1. The van der Waals surface area contributed by atoms with Crippen molar-refractivity contribution in [2.45, 2.75) is 32.2 Å². The first-order valence-electron chi connectivity index (χ1n) is 6.36. The molecule has 1 aliphatic rings. The van der Waals surface area contributed by atoms with E-state index in [4.69, 9.17) is 5.11 Å². The molecule has 0 spiro atoms. The van der Waals surface area contributed by atoms with Crippen LogP contribution in [-0.2, 0) is 14.3 Å². The number of carboxylic acid groups (broad SMARTS) is 1. The van der Waals surface area contributed by atoms with E-state index in [2.05, 4.69) is 4.74 Å². The highest BCUT2D eigenvalue weighted by Crippen LogP contribution is 2.19. The first-order chi connectivity index (χ1) is 9.01. The molecule has 1 atom stereocenters. The monoisotopic (exact) mass is 272 g/mol. The first-order valence-corrected chi connectivity index (χ1v) is 6.36. The van der Waals surface area contributed by atoms with E-state index in [1.807, 2.05) is 6.92 Å². The van der Waals surface area contributed by atoms with Crippen LogP contribution in [0.4, 0.5) is 4.79 Å². The zero-order chi connectivity index (χ0) is 14.4.